The lowest BCUT2D eigenvalue weighted by molar-refractivity contribution is 0.0935. The first-order valence-electron chi connectivity index (χ1n) is 6.49. The summed E-state index contributed by atoms with van der Waals surface area (Å²) in [5, 5.41) is 12.0. The molecule has 2 N–H and O–H groups in total. The van der Waals surface area contributed by atoms with Crippen molar-refractivity contribution in [1.82, 2.24) is 5.32 Å². The predicted molar refractivity (Wildman–Crippen MR) is 76.1 cm³/mol. The number of aliphatic hydroxyl groups is 1. The molecule has 0 spiro atoms. The van der Waals surface area contributed by atoms with Gasteiger partial charge in [-0.1, -0.05) is 12.1 Å². The molecule has 0 radical (unpaired) electrons. The second kappa shape index (κ2) is 5.54. The molecule has 1 aromatic rings. The molecule has 1 aromatic carbocycles. The summed E-state index contributed by atoms with van der Waals surface area (Å²) in [5.41, 5.74) is 1.04. The van der Waals surface area contributed by atoms with Gasteiger partial charge in [0.15, 0.2) is 9.84 Å². The second-order valence-electron chi connectivity index (χ2n) is 5.61. The fourth-order valence-corrected chi connectivity index (χ4v) is 2.79. The van der Waals surface area contributed by atoms with Crippen molar-refractivity contribution in [1.29, 1.82) is 0 Å². The molecule has 0 aliphatic heterocycles. The Morgan fingerprint density at radius 1 is 1.30 bits per heavy atom. The van der Waals surface area contributed by atoms with Gasteiger partial charge in [-0.15, -0.1) is 0 Å². The minimum absolute atomic E-state index is 0.0253. The van der Waals surface area contributed by atoms with Crippen LogP contribution in [0.4, 0.5) is 0 Å². The molecule has 0 heterocycles. The van der Waals surface area contributed by atoms with E-state index in [0.717, 1.165) is 12.8 Å². The minimum atomic E-state index is -3.06. The van der Waals surface area contributed by atoms with Gasteiger partial charge in [-0.2, -0.15) is 0 Å². The largest absolute Gasteiger partial charge is 0.396 e. The van der Waals surface area contributed by atoms with Crippen LogP contribution in [-0.2, 0) is 15.6 Å². The van der Waals surface area contributed by atoms with Gasteiger partial charge in [0.1, 0.15) is 0 Å². The predicted octanol–water partition coefficient (Wildman–Crippen LogP) is 0.733. The van der Waals surface area contributed by atoms with E-state index in [9.17, 15) is 18.3 Å². The third kappa shape index (κ3) is 4.05. The Labute approximate surface area is 118 Å². The maximum Gasteiger partial charge on any atom is 0.251 e. The molecule has 0 atom stereocenters. The van der Waals surface area contributed by atoms with Crippen LogP contribution >= 0.6 is 0 Å². The molecule has 5 nitrogen and oxygen atoms in total. The van der Waals surface area contributed by atoms with Crippen LogP contribution in [0.3, 0.4) is 0 Å². The van der Waals surface area contributed by atoms with Crippen molar-refractivity contribution in [3.8, 4) is 0 Å². The molecule has 0 aromatic heterocycles. The van der Waals surface area contributed by atoms with Crippen molar-refractivity contribution in [3.63, 3.8) is 0 Å². The Kier molecular flexibility index (Phi) is 4.15. The van der Waals surface area contributed by atoms with Crippen molar-refractivity contribution in [2.24, 2.45) is 5.41 Å². The summed E-state index contributed by atoms with van der Waals surface area (Å²) in [6.45, 7) is 0.577. The van der Waals surface area contributed by atoms with Crippen molar-refractivity contribution in [2.45, 2.75) is 18.6 Å². The number of nitrogens with one attached hydrogen (secondary N) is 1. The number of carbonyl (C=O) groups is 1. The summed E-state index contributed by atoms with van der Waals surface area (Å²) in [7, 11) is -3.06. The normalized spacial score (nSPS) is 16.7. The van der Waals surface area contributed by atoms with Gasteiger partial charge in [-0.3, -0.25) is 4.79 Å². The fraction of sp³-hybridized carbons (Fsp3) is 0.500. The quantitative estimate of drug-likeness (QED) is 0.811. The molecule has 0 bridgehead atoms. The summed E-state index contributed by atoms with van der Waals surface area (Å²) in [5.74, 6) is -0.224. The first kappa shape index (κ1) is 15.0. The van der Waals surface area contributed by atoms with Gasteiger partial charge in [0, 0.05) is 23.8 Å². The summed E-state index contributed by atoms with van der Waals surface area (Å²) < 4.78 is 22.3. The number of carbonyl (C=O) groups excluding carboxylic acids is 1. The molecule has 0 saturated heterocycles. The van der Waals surface area contributed by atoms with Crippen LogP contribution in [0.1, 0.15) is 28.8 Å². The summed E-state index contributed by atoms with van der Waals surface area (Å²) in [6.07, 6.45) is 3.06. The maximum absolute atomic E-state index is 11.9. The highest BCUT2D eigenvalue weighted by molar-refractivity contribution is 7.89. The summed E-state index contributed by atoms with van der Waals surface area (Å²) >= 11 is 0. The zero-order valence-electron chi connectivity index (χ0n) is 11.4. The molecule has 2 rings (SSSR count). The topological polar surface area (TPSA) is 83.5 Å². The average molecular weight is 297 g/mol. The van der Waals surface area contributed by atoms with Crippen LogP contribution in [0.25, 0.3) is 0 Å². The van der Waals surface area contributed by atoms with Crippen LogP contribution in [-0.4, -0.2) is 38.8 Å². The number of hydrogen-bond donors (Lipinski definition) is 2. The number of amides is 1. The van der Waals surface area contributed by atoms with Crippen molar-refractivity contribution in [3.05, 3.63) is 35.4 Å². The molecule has 110 valence electrons. The van der Waals surface area contributed by atoms with Crippen LogP contribution in [0.15, 0.2) is 24.3 Å². The van der Waals surface area contributed by atoms with E-state index in [1.165, 1.54) is 6.26 Å². The summed E-state index contributed by atoms with van der Waals surface area (Å²) in [4.78, 5) is 11.9. The molecule has 1 fully saturated rings. The lowest BCUT2D eigenvalue weighted by Crippen LogP contribution is -2.31. The van der Waals surface area contributed by atoms with E-state index in [0.29, 0.717) is 17.7 Å². The molecular weight excluding hydrogens is 278 g/mol. The van der Waals surface area contributed by atoms with Gasteiger partial charge < -0.3 is 10.4 Å². The highest BCUT2D eigenvalue weighted by Crippen LogP contribution is 2.44. The molecular formula is C14H19NO4S. The first-order valence-corrected chi connectivity index (χ1v) is 8.55. The van der Waals surface area contributed by atoms with E-state index in [2.05, 4.69) is 5.32 Å². The van der Waals surface area contributed by atoms with Crippen molar-refractivity contribution in [2.75, 3.05) is 19.4 Å². The maximum atomic E-state index is 11.9. The van der Waals surface area contributed by atoms with E-state index >= 15 is 0 Å². The first-order chi connectivity index (χ1) is 9.34. The molecule has 0 unspecified atom stereocenters. The number of sulfone groups is 1. The highest BCUT2D eigenvalue weighted by Gasteiger charge is 2.42. The Morgan fingerprint density at radius 2 is 1.90 bits per heavy atom. The van der Waals surface area contributed by atoms with Gasteiger partial charge in [0.25, 0.3) is 5.91 Å². The number of rotatable bonds is 6. The van der Waals surface area contributed by atoms with E-state index in [4.69, 9.17) is 0 Å². The van der Waals surface area contributed by atoms with Crippen LogP contribution in [0.5, 0.6) is 0 Å². The van der Waals surface area contributed by atoms with Gasteiger partial charge in [0.05, 0.1) is 12.4 Å². The van der Waals surface area contributed by atoms with Crippen LogP contribution < -0.4 is 5.32 Å². The van der Waals surface area contributed by atoms with E-state index in [1.54, 1.807) is 24.3 Å². The van der Waals surface area contributed by atoms with Crippen molar-refractivity contribution >= 4 is 15.7 Å². The lowest BCUT2D eigenvalue weighted by Gasteiger charge is -2.12. The number of benzene rings is 1. The fourth-order valence-electron chi connectivity index (χ4n) is 1.99. The Bertz CT molecular complexity index is 588. The van der Waals surface area contributed by atoms with Crippen LogP contribution in [0, 0.1) is 5.41 Å². The minimum Gasteiger partial charge on any atom is -0.396 e. The molecule has 1 aliphatic carbocycles. The average Bonchev–Trinajstić information content (AvgIpc) is 3.16. The van der Waals surface area contributed by atoms with E-state index in [1.807, 2.05) is 0 Å². The Balaban J connectivity index is 1.94. The zero-order valence-corrected chi connectivity index (χ0v) is 12.2. The number of aliphatic hydroxyl groups excluding tert-OH is 1. The van der Waals surface area contributed by atoms with Gasteiger partial charge in [-0.05, 0) is 30.5 Å². The lowest BCUT2D eigenvalue weighted by atomic mass is 10.1. The number of hydrogen-bond acceptors (Lipinski definition) is 4. The SMILES string of the molecule is CS(=O)(=O)Cc1ccc(C(=O)NCC2(CO)CC2)cc1. The van der Waals surface area contributed by atoms with Crippen molar-refractivity contribution < 1.29 is 18.3 Å². The van der Waals surface area contributed by atoms with E-state index in [-0.39, 0.29) is 23.7 Å². The van der Waals surface area contributed by atoms with Gasteiger partial charge in [0.2, 0.25) is 0 Å². The summed E-state index contributed by atoms with van der Waals surface area (Å²) in [6, 6.07) is 6.53. The molecule has 20 heavy (non-hydrogen) atoms. The standard InChI is InChI=1S/C14H19NO4S/c1-20(18,19)8-11-2-4-12(5-3-11)13(17)15-9-14(10-16)6-7-14/h2-5,16H,6-10H2,1H3,(H,15,17). The third-order valence-electron chi connectivity index (χ3n) is 3.56. The molecule has 6 heteroatoms. The third-order valence-corrected chi connectivity index (χ3v) is 4.42. The van der Waals surface area contributed by atoms with Crippen LogP contribution in [0.2, 0.25) is 0 Å². The highest BCUT2D eigenvalue weighted by atomic mass is 32.2. The Hall–Kier alpha value is -1.40. The van der Waals surface area contributed by atoms with Gasteiger partial charge >= 0.3 is 0 Å². The zero-order chi connectivity index (χ0) is 14.8. The monoisotopic (exact) mass is 297 g/mol. The van der Waals surface area contributed by atoms with E-state index < -0.39 is 9.84 Å². The Morgan fingerprint density at radius 3 is 2.35 bits per heavy atom. The second-order valence-corrected chi connectivity index (χ2v) is 7.75. The molecule has 1 aliphatic rings. The smallest absolute Gasteiger partial charge is 0.251 e. The molecule has 1 saturated carbocycles. The van der Waals surface area contributed by atoms with Gasteiger partial charge in [-0.25, -0.2) is 8.42 Å². The molecule has 1 amide bonds.